The van der Waals surface area contributed by atoms with Crippen molar-refractivity contribution in [2.24, 2.45) is 5.73 Å². The molecule has 3 nitrogen and oxygen atoms in total. The van der Waals surface area contributed by atoms with E-state index in [1.54, 1.807) is 29.2 Å². The van der Waals surface area contributed by atoms with Crippen LogP contribution in [0, 0.1) is 0 Å². The summed E-state index contributed by atoms with van der Waals surface area (Å²) in [7, 11) is 0. The smallest absolute Gasteiger partial charge is 0.288 e. The van der Waals surface area contributed by atoms with Gasteiger partial charge in [-0.2, -0.15) is 8.78 Å². The van der Waals surface area contributed by atoms with Crippen molar-refractivity contribution in [3.8, 4) is 0 Å². The van der Waals surface area contributed by atoms with Crippen molar-refractivity contribution >= 4 is 30.1 Å². The van der Waals surface area contributed by atoms with Gasteiger partial charge in [0.1, 0.15) is 0 Å². The summed E-state index contributed by atoms with van der Waals surface area (Å²) in [5, 5.41) is 0. The molecular weight excluding hydrogens is 294 g/mol. The van der Waals surface area contributed by atoms with Gasteiger partial charge in [-0.1, -0.05) is 11.8 Å². The molecule has 2 N–H and O–H groups in total. The molecule has 1 fully saturated rings. The topological polar surface area (TPSA) is 46.3 Å². The quantitative estimate of drug-likeness (QED) is 0.873. The van der Waals surface area contributed by atoms with Gasteiger partial charge in [-0.3, -0.25) is 4.79 Å². The summed E-state index contributed by atoms with van der Waals surface area (Å²) in [6, 6.07) is 6.29. The fourth-order valence-electron chi connectivity index (χ4n) is 1.93. The number of rotatable bonds is 3. The van der Waals surface area contributed by atoms with Crippen molar-refractivity contribution < 1.29 is 13.6 Å². The maximum Gasteiger partial charge on any atom is 0.288 e. The van der Waals surface area contributed by atoms with E-state index in [2.05, 4.69) is 0 Å². The molecule has 0 saturated carbocycles. The first-order chi connectivity index (χ1) is 8.56. The Kier molecular flexibility index (Phi) is 6.03. The number of carbonyl (C=O) groups is 1. The van der Waals surface area contributed by atoms with Crippen LogP contribution in [0.5, 0.6) is 0 Å². The standard InChI is InChI=1S/C12H14F2N2OS.ClH/c13-12(14)18-10-3-1-8(2-4-10)11(17)16-6-5-9(15)7-16;/h1-4,9,12H,5-7,15H2;1H/t9-;/m1./s1. The normalized spacial score (nSPS) is 18.5. The molecule has 1 aromatic rings. The molecule has 0 aliphatic carbocycles. The second kappa shape index (κ2) is 7.07. The van der Waals surface area contributed by atoms with Crippen LogP contribution in [0.1, 0.15) is 16.8 Å². The van der Waals surface area contributed by atoms with Gasteiger partial charge in [0.15, 0.2) is 0 Å². The monoisotopic (exact) mass is 308 g/mol. The molecule has 106 valence electrons. The predicted molar refractivity (Wildman–Crippen MR) is 74.0 cm³/mol. The number of nitrogens with two attached hydrogens (primary N) is 1. The number of hydrogen-bond donors (Lipinski definition) is 1. The third-order valence-electron chi connectivity index (χ3n) is 2.84. The van der Waals surface area contributed by atoms with E-state index < -0.39 is 5.76 Å². The predicted octanol–water partition coefficient (Wildman–Crippen LogP) is 2.60. The van der Waals surface area contributed by atoms with E-state index in [4.69, 9.17) is 5.73 Å². The summed E-state index contributed by atoms with van der Waals surface area (Å²) in [5.41, 5.74) is 6.26. The van der Waals surface area contributed by atoms with Crippen LogP contribution in [0.15, 0.2) is 29.2 Å². The average molecular weight is 309 g/mol. The third kappa shape index (κ3) is 4.33. The minimum absolute atomic E-state index is 0. The van der Waals surface area contributed by atoms with E-state index in [1.165, 1.54) is 0 Å². The van der Waals surface area contributed by atoms with Crippen LogP contribution in [0.25, 0.3) is 0 Å². The zero-order chi connectivity index (χ0) is 13.1. The molecular formula is C12H15ClF2N2OS. The molecule has 1 aromatic carbocycles. The number of carbonyl (C=O) groups excluding carboxylic acids is 1. The molecule has 0 aromatic heterocycles. The lowest BCUT2D eigenvalue weighted by Crippen LogP contribution is -2.31. The minimum atomic E-state index is -2.44. The molecule has 0 unspecified atom stereocenters. The van der Waals surface area contributed by atoms with Gasteiger partial charge < -0.3 is 10.6 Å². The molecule has 1 aliphatic rings. The van der Waals surface area contributed by atoms with Crippen LogP contribution in [0.2, 0.25) is 0 Å². The van der Waals surface area contributed by atoms with Gasteiger partial charge in [-0.05, 0) is 30.7 Å². The van der Waals surface area contributed by atoms with E-state index >= 15 is 0 Å². The maximum absolute atomic E-state index is 12.1. The third-order valence-corrected chi connectivity index (χ3v) is 3.56. The molecule has 7 heteroatoms. The Hall–Kier alpha value is -0.850. The second-order valence-electron chi connectivity index (χ2n) is 4.20. The van der Waals surface area contributed by atoms with E-state index in [9.17, 15) is 13.6 Å². The average Bonchev–Trinajstić information content (AvgIpc) is 2.75. The number of nitrogens with zero attached hydrogens (tertiary/aromatic N) is 1. The van der Waals surface area contributed by atoms with E-state index in [1.807, 2.05) is 0 Å². The maximum atomic E-state index is 12.1. The van der Waals surface area contributed by atoms with Gasteiger partial charge >= 0.3 is 0 Å². The first-order valence-electron chi connectivity index (χ1n) is 5.66. The Morgan fingerprint density at radius 3 is 2.47 bits per heavy atom. The lowest BCUT2D eigenvalue weighted by molar-refractivity contribution is 0.0791. The van der Waals surface area contributed by atoms with Gasteiger partial charge in [-0.25, -0.2) is 0 Å². The Balaban J connectivity index is 0.00000180. The number of thioether (sulfide) groups is 1. The summed E-state index contributed by atoms with van der Waals surface area (Å²) < 4.78 is 24.3. The fourth-order valence-corrected chi connectivity index (χ4v) is 2.43. The van der Waals surface area contributed by atoms with Crippen LogP contribution in [-0.4, -0.2) is 35.7 Å². The highest BCUT2D eigenvalue weighted by Gasteiger charge is 2.24. The highest BCUT2D eigenvalue weighted by molar-refractivity contribution is 7.99. The summed E-state index contributed by atoms with van der Waals surface area (Å²) in [6.07, 6.45) is 0.811. The molecule has 1 heterocycles. The van der Waals surface area contributed by atoms with Gasteiger partial charge in [0, 0.05) is 29.6 Å². The summed E-state index contributed by atoms with van der Waals surface area (Å²) in [6.45, 7) is 1.22. The molecule has 1 amide bonds. The fraction of sp³-hybridized carbons (Fsp3) is 0.417. The Morgan fingerprint density at radius 1 is 1.37 bits per heavy atom. The molecule has 0 spiro atoms. The molecule has 2 rings (SSSR count). The minimum Gasteiger partial charge on any atom is -0.337 e. The highest BCUT2D eigenvalue weighted by atomic mass is 35.5. The van der Waals surface area contributed by atoms with Crippen molar-refractivity contribution in [3.63, 3.8) is 0 Å². The summed E-state index contributed by atoms with van der Waals surface area (Å²) >= 11 is 0.473. The second-order valence-corrected chi connectivity index (χ2v) is 5.27. The van der Waals surface area contributed by atoms with Crippen LogP contribution < -0.4 is 5.73 Å². The van der Waals surface area contributed by atoms with Crippen LogP contribution in [0.3, 0.4) is 0 Å². The molecule has 1 saturated heterocycles. The van der Waals surface area contributed by atoms with Crippen molar-refractivity contribution in [2.45, 2.75) is 23.1 Å². The molecule has 1 atom stereocenters. The van der Waals surface area contributed by atoms with Crippen molar-refractivity contribution in [1.82, 2.24) is 4.90 Å². The number of alkyl halides is 2. The highest BCUT2D eigenvalue weighted by Crippen LogP contribution is 2.25. The molecule has 0 bridgehead atoms. The number of halogens is 3. The number of likely N-dealkylation sites (tertiary alicyclic amines) is 1. The SMILES string of the molecule is Cl.N[C@@H]1CCN(C(=O)c2ccc(SC(F)F)cc2)C1. The Bertz CT molecular complexity index is 430. The zero-order valence-corrected chi connectivity index (χ0v) is 11.7. The van der Waals surface area contributed by atoms with Crippen LogP contribution in [0.4, 0.5) is 8.78 Å². The van der Waals surface area contributed by atoms with Gasteiger partial charge in [0.2, 0.25) is 0 Å². The molecule has 1 aliphatic heterocycles. The van der Waals surface area contributed by atoms with Gasteiger partial charge in [-0.15, -0.1) is 12.4 Å². The Morgan fingerprint density at radius 2 is 2.00 bits per heavy atom. The van der Waals surface area contributed by atoms with Gasteiger partial charge in [0.25, 0.3) is 11.7 Å². The summed E-state index contributed by atoms with van der Waals surface area (Å²) in [4.78, 5) is 14.2. The van der Waals surface area contributed by atoms with Crippen molar-refractivity contribution in [3.05, 3.63) is 29.8 Å². The molecule has 19 heavy (non-hydrogen) atoms. The lowest BCUT2D eigenvalue weighted by Gasteiger charge is -2.15. The number of benzene rings is 1. The zero-order valence-electron chi connectivity index (χ0n) is 10.1. The first kappa shape index (κ1) is 16.2. The summed E-state index contributed by atoms with van der Waals surface area (Å²) in [5.74, 6) is -2.53. The lowest BCUT2D eigenvalue weighted by atomic mass is 10.2. The number of amides is 1. The molecule has 0 radical (unpaired) electrons. The van der Waals surface area contributed by atoms with E-state index in [0.29, 0.717) is 35.3 Å². The number of hydrogen-bond acceptors (Lipinski definition) is 3. The Labute approximate surface area is 120 Å². The van der Waals surface area contributed by atoms with Crippen LogP contribution in [-0.2, 0) is 0 Å². The van der Waals surface area contributed by atoms with Crippen LogP contribution >= 0.6 is 24.2 Å². The largest absolute Gasteiger partial charge is 0.337 e. The van der Waals surface area contributed by atoms with E-state index in [0.717, 1.165) is 6.42 Å². The van der Waals surface area contributed by atoms with E-state index in [-0.39, 0.29) is 24.4 Å². The van der Waals surface area contributed by atoms with Crippen molar-refractivity contribution in [2.75, 3.05) is 13.1 Å². The first-order valence-corrected chi connectivity index (χ1v) is 6.54. The van der Waals surface area contributed by atoms with Gasteiger partial charge in [0.05, 0.1) is 0 Å². The van der Waals surface area contributed by atoms with Crippen molar-refractivity contribution in [1.29, 1.82) is 0 Å².